The number of hydrogen-bond acceptors (Lipinski definition) is 5. The van der Waals surface area contributed by atoms with Crippen molar-refractivity contribution in [1.82, 2.24) is 15.0 Å². The minimum Gasteiger partial charge on any atom is -0.334 e. The topological polar surface area (TPSA) is 68.2 Å². The molecule has 0 saturated heterocycles. The first kappa shape index (κ1) is 13.7. The number of nitrogens with zero attached hydrogens (tertiary/aromatic N) is 3. The highest BCUT2D eigenvalue weighted by Crippen LogP contribution is 2.19. The molecule has 1 atom stereocenters. The van der Waals surface area contributed by atoms with Gasteiger partial charge in [-0.15, -0.1) is 0 Å². The van der Waals surface area contributed by atoms with Crippen LogP contribution in [0.1, 0.15) is 24.4 Å². The van der Waals surface area contributed by atoms with Gasteiger partial charge in [0.1, 0.15) is 0 Å². The molecular weight excluding hydrogens is 240 g/mol. The molecule has 1 heterocycles. The molecule has 0 aliphatic rings. The second kappa shape index (κ2) is 5.95. The quantitative estimate of drug-likeness (QED) is 0.888. The molecule has 0 amide bonds. The molecule has 1 aromatic heterocycles. The van der Waals surface area contributed by atoms with E-state index >= 15 is 0 Å². The zero-order valence-corrected chi connectivity index (χ0v) is 11.6. The van der Waals surface area contributed by atoms with Crippen molar-refractivity contribution in [2.75, 3.05) is 20.6 Å². The van der Waals surface area contributed by atoms with Gasteiger partial charge in [-0.2, -0.15) is 4.98 Å². The first-order chi connectivity index (χ1) is 9.10. The summed E-state index contributed by atoms with van der Waals surface area (Å²) >= 11 is 0. The Bertz CT molecular complexity index is 518. The van der Waals surface area contributed by atoms with Crippen LogP contribution in [0.4, 0.5) is 0 Å². The van der Waals surface area contributed by atoms with Gasteiger partial charge in [-0.25, -0.2) is 0 Å². The molecule has 2 N–H and O–H groups in total. The second-order valence-electron chi connectivity index (χ2n) is 4.88. The van der Waals surface area contributed by atoms with Gasteiger partial charge >= 0.3 is 0 Å². The third kappa shape index (κ3) is 3.39. The van der Waals surface area contributed by atoms with E-state index < -0.39 is 0 Å². The standard InChI is InChI=1S/C14H20N4O/c1-4-10-5-7-11(8-6-10)14-16-13(17-19-14)12(15)9-18(2)3/h5-8,12H,4,9,15H2,1-3H3. The van der Waals surface area contributed by atoms with Crippen LogP contribution in [0.25, 0.3) is 11.5 Å². The predicted molar refractivity (Wildman–Crippen MR) is 74.6 cm³/mol. The number of rotatable bonds is 5. The monoisotopic (exact) mass is 260 g/mol. The summed E-state index contributed by atoms with van der Waals surface area (Å²) in [5, 5.41) is 3.95. The van der Waals surface area contributed by atoms with E-state index in [0.29, 0.717) is 18.3 Å². The maximum absolute atomic E-state index is 6.01. The lowest BCUT2D eigenvalue weighted by atomic mass is 10.1. The normalized spacial score (nSPS) is 12.9. The highest BCUT2D eigenvalue weighted by atomic mass is 16.5. The zero-order chi connectivity index (χ0) is 13.8. The summed E-state index contributed by atoms with van der Waals surface area (Å²) in [5.41, 5.74) is 8.22. The zero-order valence-electron chi connectivity index (χ0n) is 11.6. The van der Waals surface area contributed by atoms with E-state index in [4.69, 9.17) is 10.3 Å². The van der Waals surface area contributed by atoms with Gasteiger partial charge in [0.25, 0.3) is 5.89 Å². The summed E-state index contributed by atoms with van der Waals surface area (Å²) in [4.78, 5) is 6.36. The molecule has 0 bridgehead atoms. The van der Waals surface area contributed by atoms with Crippen molar-refractivity contribution in [1.29, 1.82) is 0 Å². The Labute approximate surface area is 113 Å². The molecule has 0 radical (unpaired) electrons. The van der Waals surface area contributed by atoms with Crippen molar-refractivity contribution in [3.05, 3.63) is 35.7 Å². The van der Waals surface area contributed by atoms with Gasteiger partial charge < -0.3 is 15.2 Å². The Balaban J connectivity index is 2.15. The Morgan fingerprint density at radius 2 is 1.95 bits per heavy atom. The largest absolute Gasteiger partial charge is 0.334 e. The van der Waals surface area contributed by atoms with Crippen LogP contribution >= 0.6 is 0 Å². The van der Waals surface area contributed by atoms with E-state index in [1.165, 1.54) is 5.56 Å². The van der Waals surface area contributed by atoms with Gasteiger partial charge in [-0.3, -0.25) is 0 Å². The predicted octanol–water partition coefficient (Wildman–Crippen LogP) is 1.86. The Hall–Kier alpha value is -1.72. The van der Waals surface area contributed by atoms with Crippen molar-refractivity contribution < 1.29 is 4.52 Å². The molecule has 19 heavy (non-hydrogen) atoms. The van der Waals surface area contributed by atoms with Gasteiger partial charge in [0.05, 0.1) is 6.04 Å². The van der Waals surface area contributed by atoms with Crippen molar-refractivity contribution in [2.45, 2.75) is 19.4 Å². The Morgan fingerprint density at radius 1 is 1.26 bits per heavy atom. The number of aromatic nitrogens is 2. The van der Waals surface area contributed by atoms with E-state index in [1.807, 2.05) is 31.1 Å². The highest BCUT2D eigenvalue weighted by molar-refractivity contribution is 5.53. The summed E-state index contributed by atoms with van der Waals surface area (Å²) < 4.78 is 5.27. The first-order valence-electron chi connectivity index (χ1n) is 6.43. The summed E-state index contributed by atoms with van der Waals surface area (Å²) in [6.45, 7) is 2.81. The maximum Gasteiger partial charge on any atom is 0.257 e. The summed E-state index contributed by atoms with van der Waals surface area (Å²) in [5.74, 6) is 1.06. The molecule has 1 unspecified atom stereocenters. The molecule has 1 aromatic carbocycles. The first-order valence-corrected chi connectivity index (χ1v) is 6.43. The van der Waals surface area contributed by atoms with Crippen LogP contribution < -0.4 is 5.73 Å². The molecule has 0 spiro atoms. The SMILES string of the molecule is CCc1ccc(-c2nc(C(N)CN(C)C)no2)cc1. The average Bonchev–Trinajstić information content (AvgIpc) is 2.88. The summed E-state index contributed by atoms with van der Waals surface area (Å²) in [6, 6.07) is 7.89. The van der Waals surface area contributed by atoms with E-state index in [2.05, 4.69) is 29.2 Å². The van der Waals surface area contributed by atoms with Crippen LogP contribution in [-0.2, 0) is 6.42 Å². The molecule has 0 saturated carbocycles. The van der Waals surface area contributed by atoms with E-state index in [9.17, 15) is 0 Å². The molecule has 5 heteroatoms. The number of nitrogens with two attached hydrogens (primary N) is 1. The second-order valence-corrected chi connectivity index (χ2v) is 4.88. The van der Waals surface area contributed by atoms with Crippen molar-refractivity contribution in [3.8, 4) is 11.5 Å². The lowest BCUT2D eigenvalue weighted by Crippen LogP contribution is -2.26. The Morgan fingerprint density at radius 3 is 2.53 bits per heavy atom. The third-order valence-electron chi connectivity index (χ3n) is 2.94. The van der Waals surface area contributed by atoms with Crippen LogP contribution in [-0.4, -0.2) is 35.7 Å². The van der Waals surface area contributed by atoms with E-state index in [0.717, 1.165) is 12.0 Å². The molecule has 102 valence electrons. The number of hydrogen-bond donors (Lipinski definition) is 1. The van der Waals surface area contributed by atoms with Crippen LogP contribution in [0.2, 0.25) is 0 Å². The smallest absolute Gasteiger partial charge is 0.257 e. The number of aryl methyl sites for hydroxylation is 1. The average molecular weight is 260 g/mol. The minimum atomic E-state index is -0.234. The minimum absolute atomic E-state index is 0.234. The van der Waals surface area contributed by atoms with Crippen LogP contribution in [0, 0.1) is 0 Å². The molecule has 2 rings (SSSR count). The number of benzene rings is 1. The fourth-order valence-corrected chi connectivity index (χ4v) is 1.86. The van der Waals surface area contributed by atoms with Crippen LogP contribution in [0.3, 0.4) is 0 Å². The van der Waals surface area contributed by atoms with Crippen LogP contribution in [0.15, 0.2) is 28.8 Å². The maximum atomic E-state index is 6.01. The third-order valence-corrected chi connectivity index (χ3v) is 2.94. The van der Waals surface area contributed by atoms with Gasteiger partial charge in [0.15, 0.2) is 5.82 Å². The van der Waals surface area contributed by atoms with Gasteiger partial charge in [-0.1, -0.05) is 24.2 Å². The van der Waals surface area contributed by atoms with Gasteiger partial charge in [0.2, 0.25) is 0 Å². The van der Waals surface area contributed by atoms with Crippen molar-refractivity contribution in [2.24, 2.45) is 5.73 Å². The van der Waals surface area contributed by atoms with E-state index in [-0.39, 0.29) is 6.04 Å². The Kier molecular flexibility index (Phi) is 4.29. The van der Waals surface area contributed by atoms with Gasteiger partial charge in [0, 0.05) is 12.1 Å². The lowest BCUT2D eigenvalue weighted by Gasteiger charge is -2.12. The fourth-order valence-electron chi connectivity index (χ4n) is 1.86. The lowest BCUT2D eigenvalue weighted by molar-refractivity contribution is 0.357. The summed E-state index contributed by atoms with van der Waals surface area (Å²) in [6.07, 6.45) is 1.02. The highest BCUT2D eigenvalue weighted by Gasteiger charge is 2.15. The molecular formula is C14H20N4O. The van der Waals surface area contributed by atoms with Crippen molar-refractivity contribution in [3.63, 3.8) is 0 Å². The molecule has 0 aliphatic heterocycles. The molecule has 5 nitrogen and oxygen atoms in total. The molecule has 2 aromatic rings. The van der Waals surface area contributed by atoms with Crippen molar-refractivity contribution >= 4 is 0 Å². The molecule has 0 aliphatic carbocycles. The summed E-state index contributed by atoms with van der Waals surface area (Å²) in [7, 11) is 3.93. The van der Waals surface area contributed by atoms with Gasteiger partial charge in [-0.05, 0) is 38.2 Å². The van der Waals surface area contributed by atoms with E-state index in [1.54, 1.807) is 0 Å². The van der Waals surface area contributed by atoms with Crippen LogP contribution in [0.5, 0.6) is 0 Å². The number of likely N-dealkylation sites (N-methyl/N-ethyl adjacent to an activating group) is 1. The molecule has 0 fully saturated rings. The fraction of sp³-hybridized carbons (Fsp3) is 0.429.